The molecule has 0 unspecified atom stereocenters. The molecule has 0 atom stereocenters. The highest BCUT2D eigenvalue weighted by Crippen LogP contribution is 2.15. The van der Waals surface area contributed by atoms with E-state index in [2.05, 4.69) is 5.10 Å². The standard InChI is InChI=1S/C11H21N3O3S/c1-3-5-6-14(4-2)18(16,17)11-9-12-13(10-11)7-8-15/h9-10,15H,3-8H2,1-2H3. The summed E-state index contributed by atoms with van der Waals surface area (Å²) in [6, 6.07) is 0. The van der Waals surface area contributed by atoms with Crippen LogP contribution in [-0.4, -0.2) is 47.3 Å². The Balaban J connectivity index is 2.88. The molecule has 0 aromatic carbocycles. The average Bonchev–Trinajstić information content (AvgIpc) is 2.79. The Bertz CT molecular complexity index is 456. The number of rotatable bonds is 8. The largest absolute Gasteiger partial charge is 0.394 e. The lowest BCUT2D eigenvalue weighted by atomic mass is 10.3. The predicted molar refractivity (Wildman–Crippen MR) is 68.7 cm³/mol. The van der Waals surface area contributed by atoms with E-state index >= 15 is 0 Å². The molecule has 0 radical (unpaired) electrons. The van der Waals surface area contributed by atoms with Gasteiger partial charge in [0.2, 0.25) is 10.0 Å². The summed E-state index contributed by atoms with van der Waals surface area (Å²) in [5, 5.41) is 12.7. The van der Waals surface area contributed by atoms with Gasteiger partial charge in [-0.2, -0.15) is 9.40 Å². The zero-order valence-electron chi connectivity index (χ0n) is 10.9. The first-order valence-corrected chi connectivity index (χ1v) is 7.63. The number of aliphatic hydroxyl groups is 1. The van der Waals surface area contributed by atoms with E-state index in [0.717, 1.165) is 12.8 Å². The third-order valence-electron chi connectivity index (χ3n) is 2.69. The smallest absolute Gasteiger partial charge is 0.246 e. The lowest BCUT2D eigenvalue weighted by Crippen LogP contribution is -2.31. The van der Waals surface area contributed by atoms with Gasteiger partial charge in [-0.3, -0.25) is 4.68 Å². The minimum atomic E-state index is -3.45. The Morgan fingerprint density at radius 2 is 2.17 bits per heavy atom. The summed E-state index contributed by atoms with van der Waals surface area (Å²) in [6.45, 7) is 5.07. The molecule has 0 spiro atoms. The van der Waals surface area contributed by atoms with E-state index < -0.39 is 10.0 Å². The van der Waals surface area contributed by atoms with Crippen LogP contribution in [0.1, 0.15) is 26.7 Å². The van der Waals surface area contributed by atoms with Crippen molar-refractivity contribution in [3.63, 3.8) is 0 Å². The SMILES string of the molecule is CCCCN(CC)S(=O)(=O)c1cnn(CCO)c1. The molecule has 1 aromatic heterocycles. The molecule has 0 saturated heterocycles. The second kappa shape index (κ2) is 6.86. The average molecular weight is 275 g/mol. The lowest BCUT2D eigenvalue weighted by Gasteiger charge is -2.18. The maximum Gasteiger partial charge on any atom is 0.246 e. The summed E-state index contributed by atoms with van der Waals surface area (Å²) in [4.78, 5) is 0.189. The predicted octanol–water partition coefficient (Wildman–Crippen LogP) is 0.686. The number of aromatic nitrogens is 2. The zero-order valence-corrected chi connectivity index (χ0v) is 11.7. The summed E-state index contributed by atoms with van der Waals surface area (Å²) < 4.78 is 27.5. The first kappa shape index (κ1) is 15.1. The lowest BCUT2D eigenvalue weighted by molar-refractivity contribution is 0.269. The molecule has 1 N–H and O–H groups in total. The normalized spacial score (nSPS) is 12.2. The molecule has 0 bridgehead atoms. The number of hydrogen-bond donors (Lipinski definition) is 1. The van der Waals surface area contributed by atoms with Crippen molar-refractivity contribution in [2.45, 2.75) is 38.1 Å². The Labute approximate surface area is 108 Å². The van der Waals surface area contributed by atoms with Crippen LogP contribution in [0.15, 0.2) is 17.3 Å². The van der Waals surface area contributed by atoms with Crippen molar-refractivity contribution < 1.29 is 13.5 Å². The van der Waals surface area contributed by atoms with E-state index in [1.54, 1.807) is 0 Å². The molecule has 0 amide bonds. The van der Waals surface area contributed by atoms with Gasteiger partial charge in [0, 0.05) is 19.3 Å². The zero-order chi connectivity index (χ0) is 13.6. The molecule has 0 aliphatic heterocycles. The number of nitrogens with zero attached hydrogens (tertiary/aromatic N) is 3. The third kappa shape index (κ3) is 3.54. The van der Waals surface area contributed by atoms with Crippen LogP contribution in [0.4, 0.5) is 0 Å². The van der Waals surface area contributed by atoms with E-state index in [0.29, 0.717) is 19.6 Å². The van der Waals surface area contributed by atoms with E-state index in [1.807, 2.05) is 13.8 Å². The van der Waals surface area contributed by atoms with Crippen LogP contribution >= 0.6 is 0 Å². The molecule has 1 aromatic rings. The van der Waals surface area contributed by atoms with Crippen molar-refractivity contribution in [1.82, 2.24) is 14.1 Å². The number of hydrogen-bond acceptors (Lipinski definition) is 4. The van der Waals surface area contributed by atoms with Gasteiger partial charge in [-0.15, -0.1) is 0 Å². The molecule has 0 aliphatic carbocycles. The Hall–Kier alpha value is -0.920. The minimum absolute atomic E-state index is 0.0610. The maximum atomic E-state index is 12.3. The van der Waals surface area contributed by atoms with Crippen molar-refractivity contribution in [2.24, 2.45) is 0 Å². The fourth-order valence-corrected chi connectivity index (χ4v) is 3.08. The second-order valence-electron chi connectivity index (χ2n) is 4.01. The molecular weight excluding hydrogens is 254 g/mol. The Kier molecular flexibility index (Phi) is 5.77. The van der Waals surface area contributed by atoms with Crippen molar-refractivity contribution in [3.05, 3.63) is 12.4 Å². The first-order valence-electron chi connectivity index (χ1n) is 6.19. The van der Waals surface area contributed by atoms with Gasteiger partial charge in [0.25, 0.3) is 0 Å². The maximum absolute atomic E-state index is 12.3. The van der Waals surface area contributed by atoms with Crippen LogP contribution in [0.2, 0.25) is 0 Å². The van der Waals surface area contributed by atoms with Crippen LogP contribution in [0.5, 0.6) is 0 Å². The van der Waals surface area contributed by atoms with Crippen molar-refractivity contribution in [3.8, 4) is 0 Å². The molecule has 104 valence electrons. The molecule has 0 saturated carbocycles. The highest BCUT2D eigenvalue weighted by molar-refractivity contribution is 7.89. The fourth-order valence-electron chi connectivity index (χ4n) is 1.63. The Morgan fingerprint density at radius 1 is 1.44 bits per heavy atom. The van der Waals surface area contributed by atoms with E-state index in [1.165, 1.54) is 21.4 Å². The molecule has 1 rings (SSSR count). The van der Waals surface area contributed by atoms with Gasteiger partial charge in [-0.25, -0.2) is 8.42 Å². The Morgan fingerprint density at radius 3 is 2.72 bits per heavy atom. The van der Waals surface area contributed by atoms with Crippen LogP contribution in [0, 0.1) is 0 Å². The quantitative estimate of drug-likeness (QED) is 0.757. The van der Waals surface area contributed by atoms with Gasteiger partial charge < -0.3 is 5.11 Å². The van der Waals surface area contributed by atoms with E-state index in [9.17, 15) is 8.42 Å². The fraction of sp³-hybridized carbons (Fsp3) is 0.727. The molecule has 6 nitrogen and oxygen atoms in total. The van der Waals surface area contributed by atoms with Gasteiger partial charge >= 0.3 is 0 Å². The topological polar surface area (TPSA) is 75.4 Å². The minimum Gasteiger partial charge on any atom is -0.394 e. The van der Waals surface area contributed by atoms with Crippen LogP contribution < -0.4 is 0 Å². The molecule has 0 aliphatic rings. The molecule has 0 fully saturated rings. The van der Waals surface area contributed by atoms with Gasteiger partial charge in [-0.1, -0.05) is 20.3 Å². The van der Waals surface area contributed by atoms with E-state index in [-0.39, 0.29) is 11.5 Å². The summed E-state index contributed by atoms with van der Waals surface area (Å²) in [5.41, 5.74) is 0. The highest BCUT2D eigenvalue weighted by atomic mass is 32.2. The summed E-state index contributed by atoms with van der Waals surface area (Å²) in [5.74, 6) is 0. The van der Waals surface area contributed by atoms with Gasteiger partial charge in [0.1, 0.15) is 4.90 Å². The number of sulfonamides is 1. The molecule has 18 heavy (non-hydrogen) atoms. The molecule has 7 heteroatoms. The summed E-state index contributed by atoms with van der Waals surface area (Å²) in [6.07, 6.45) is 4.59. The van der Waals surface area contributed by atoms with Crippen LogP contribution in [0.3, 0.4) is 0 Å². The van der Waals surface area contributed by atoms with Gasteiger partial charge in [0.05, 0.1) is 19.3 Å². The van der Waals surface area contributed by atoms with Crippen molar-refractivity contribution in [1.29, 1.82) is 0 Å². The van der Waals surface area contributed by atoms with Gasteiger partial charge in [-0.05, 0) is 6.42 Å². The van der Waals surface area contributed by atoms with Gasteiger partial charge in [0.15, 0.2) is 0 Å². The van der Waals surface area contributed by atoms with Crippen molar-refractivity contribution >= 4 is 10.0 Å². The number of aliphatic hydroxyl groups excluding tert-OH is 1. The third-order valence-corrected chi connectivity index (χ3v) is 4.62. The first-order chi connectivity index (χ1) is 8.56. The van der Waals surface area contributed by atoms with Crippen LogP contribution in [0.25, 0.3) is 0 Å². The summed E-state index contributed by atoms with van der Waals surface area (Å²) in [7, 11) is -3.45. The molecular formula is C11H21N3O3S. The monoisotopic (exact) mass is 275 g/mol. The van der Waals surface area contributed by atoms with Crippen molar-refractivity contribution in [2.75, 3.05) is 19.7 Å². The van der Waals surface area contributed by atoms with E-state index in [4.69, 9.17) is 5.11 Å². The number of unbranched alkanes of at least 4 members (excludes halogenated alkanes) is 1. The molecule has 1 heterocycles. The highest BCUT2D eigenvalue weighted by Gasteiger charge is 2.23. The second-order valence-corrected chi connectivity index (χ2v) is 5.95. The van der Waals surface area contributed by atoms with Crippen LogP contribution in [-0.2, 0) is 16.6 Å². The summed E-state index contributed by atoms with van der Waals surface area (Å²) >= 11 is 0.